The molecule has 354 valence electrons. The van der Waals surface area contributed by atoms with Gasteiger partial charge >= 0.3 is 7.12 Å². The first-order valence-electron chi connectivity index (χ1n) is 21.8. The third-order valence-corrected chi connectivity index (χ3v) is 13.1. The summed E-state index contributed by atoms with van der Waals surface area (Å²) in [5.74, 6) is -5.19. The third-order valence-electron chi connectivity index (χ3n) is 12.8. The molecule has 1 heterocycles. The number of halogens is 1. The Hall–Kier alpha value is -5.16. The number of aliphatic hydroxyl groups excluding tert-OH is 1. The molecule has 65 heavy (non-hydrogen) atoms. The van der Waals surface area contributed by atoms with Crippen molar-refractivity contribution >= 4 is 60.1 Å². The zero-order valence-corrected chi connectivity index (χ0v) is 37.8. The number of carbonyl (C=O) groups excluding carboxylic acids is 7. The molecule has 7 amide bonds. The Labute approximate surface area is 383 Å². The SMILES string of the molecule is CC(O)[C@H](NC(=O)[C@H](CCCCN)NC(=O)CCNC(=O)c1ccc(-c2ccc(Cl)cc2)cc1)C(=O)N[C@@H](N)C(=O)NC(CC(N)=O)C(=O)N[C@@H](N)B1OC2C[C@@H]3C[C@@H](C3(C)C)[C@]2(C)O1. The van der Waals surface area contributed by atoms with Gasteiger partial charge in [0, 0.05) is 23.6 Å². The normalized spacial score (nSPS) is 23.2. The summed E-state index contributed by atoms with van der Waals surface area (Å²) in [7, 11) is -1.01. The van der Waals surface area contributed by atoms with Crippen LogP contribution in [0.15, 0.2) is 48.5 Å². The van der Waals surface area contributed by atoms with Gasteiger partial charge in [0.25, 0.3) is 11.8 Å². The molecule has 0 aromatic heterocycles. The Kier molecular flexibility index (Phi) is 17.1. The average molecular weight is 925 g/mol. The van der Waals surface area contributed by atoms with Crippen LogP contribution in [-0.4, -0.2) is 115 Å². The van der Waals surface area contributed by atoms with Crippen LogP contribution in [0.5, 0.6) is 0 Å². The predicted octanol–water partition coefficient (Wildman–Crippen LogP) is -0.964. The van der Waals surface area contributed by atoms with Gasteiger partial charge in [0.1, 0.15) is 24.2 Å². The summed E-state index contributed by atoms with van der Waals surface area (Å²) >= 11 is 5.97. The summed E-state index contributed by atoms with van der Waals surface area (Å²) in [6.45, 7) is 7.83. The molecule has 1 aliphatic heterocycles. The van der Waals surface area contributed by atoms with Crippen molar-refractivity contribution in [2.24, 2.45) is 40.2 Å². The number of amides is 7. The van der Waals surface area contributed by atoms with Crippen molar-refractivity contribution in [1.82, 2.24) is 31.9 Å². The fourth-order valence-electron chi connectivity index (χ4n) is 8.90. The summed E-state index contributed by atoms with van der Waals surface area (Å²) in [4.78, 5) is 91.2. The molecule has 1 saturated heterocycles. The molecule has 22 heteroatoms. The molecule has 3 aliphatic carbocycles. The van der Waals surface area contributed by atoms with Crippen LogP contribution >= 0.6 is 11.6 Å². The van der Waals surface area contributed by atoms with E-state index in [-0.39, 0.29) is 36.8 Å². The molecular weight excluding hydrogens is 863 g/mol. The number of nitrogens with two attached hydrogens (primary N) is 4. The number of carbonyl (C=O) groups is 7. The van der Waals surface area contributed by atoms with E-state index in [2.05, 4.69) is 45.7 Å². The molecule has 2 aromatic carbocycles. The van der Waals surface area contributed by atoms with Gasteiger partial charge in [-0.1, -0.05) is 49.7 Å². The van der Waals surface area contributed by atoms with Crippen LogP contribution in [0.1, 0.15) is 83.0 Å². The van der Waals surface area contributed by atoms with Gasteiger partial charge in [-0.05, 0) is 105 Å². The molecule has 4 aliphatic rings. The maximum atomic E-state index is 13.5. The van der Waals surface area contributed by atoms with Crippen LogP contribution in [0.3, 0.4) is 0 Å². The second kappa shape index (κ2) is 21.9. The van der Waals surface area contributed by atoms with E-state index in [1.54, 1.807) is 36.4 Å². The Bertz CT molecular complexity index is 2060. The first-order chi connectivity index (χ1) is 30.6. The van der Waals surface area contributed by atoms with Gasteiger partial charge in [0.05, 0.1) is 24.2 Å². The van der Waals surface area contributed by atoms with E-state index in [0.29, 0.717) is 35.9 Å². The maximum Gasteiger partial charge on any atom is 0.497 e. The molecule has 2 bridgehead atoms. The number of rotatable bonds is 22. The number of nitrogens with one attached hydrogen (secondary N) is 6. The van der Waals surface area contributed by atoms with E-state index < -0.39 is 97.0 Å². The van der Waals surface area contributed by atoms with Gasteiger partial charge in [-0.2, -0.15) is 0 Å². The zero-order chi connectivity index (χ0) is 47.8. The summed E-state index contributed by atoms with van der Waals surface area (Å²) in [5.41, 5.74) is 24.9. The van der Waals surface area contributed by atoms with Gasteiger partial charge in [0.15, 0.2) is 6.17 Å². The van der Waals surface area contributed by atoms with E-state index in [0.717, 1.165) is 24.0 Å². The number of hydrogen-bond donors (Lipinski definition) is 11. The largest absolute Gasteiger partial charge is 0.497 e. The molecule has 4 fully saturated rings. The molecule has 3 unspecified atom stereocenters. The molecule has 15 N–H and O–H groups in total. The molecule has 20 nitrogen and oxygen atoms in total. The van der Waals surface area contributed by atoms with Crippen molar-refractivity contribution in [3.8, 4) is 11.1 Å². The standard InChI is InChI=1S/C43H62BClN10O10/c1-22(56)34(53-37(60)28(7-5-6-17-46)51-33(58)16-18-50-36(59)25-10-8-23(9-11-25)24-12-14-27(45)15-13-24)39(62)54-35(48)40(63)52-29(21-32(47)57)38(61)55-41(49)44-64-31-20-26-19-30(42(26,2)3)43(31,4)65-44/h8-15,22,26,28-31,34-35,41,56H,5-7,16-21,46,48-49H2,1-4H3,(H2,47,57)(H,50,59)(H,51,58)(H,52,63)(H,53,60)(H,54,62)(H,55,61)/t22?,26-,28-,29?,30-,31?,34-,35+,41+,43-/m0/s1. The molecule has 6 rings (SSSR count). The summed E-state index contributed by atoms with van der Waals surface area (Å²) in [5, 5.41) is 25.8. The quantitative estimate of drug-likeness (QED) is 0.0386. The number of primary amides is 1. The summed E-state index contributed by atoms with van der Waals surface area (Å²) < 4.78 is 12.4. The highest BCUT2D eigenvalue weighted by Gasteiger charge is 2.68. The Morgan fingerprint density at radius 2 is 1.46 bits per heavy atom. The minimum Gasteiger partial charge on any atom is -0.403 e. The Balaban J connectivity index is 1.11. The Morgan fingerprint density at radius 1 is 0.831 bits per heavy atom. The fourth-order valence-corrected chi connectivity index (χ4v) is 9.03. The molecular formula is C43H62BClN10O10. The first-order valence-corrected chi connectivity index (χ1v) is 22.2. The van der Waals surface area contributed by atoms with Crippen LogP contribution in [0.4, 0.5) is 0 Å². The summed E-state index contributed by atoms with van der Waals surface area (Å²) in [6, 6.07) is 8.50. The minimum absolute atomic E-state index is 0.0588. The maximum absolute atomic E-state index is 13.5. The zero-order valence-electron chi connectivity index (χ0n) is 37.1. The van der Waals surface area contributed by atoms with Crippen LogP contribution in [-0.2, 0) is 38.1 Å². The van der Waals surface area contributed by atoms with Gasteiger partial charge in [-0.3, -0.25) is 33.6 Å². The summed E-state index contributed by atoms with van der Waals surface area (Å²) in [6.07, 6.45) is -1.65. The van der Waals surface area contributed by atoms with E-state index in [9.17, 15) is 38.7 Å². The number of unbranched alkanes of at least 4 members (excludes halogenated alkanes) is 1. The van der Waals surface area contributed by atoms with Gasteiger partial charge in [-0.15, -0.1) is 0 Å². The lowest BCUT2D eigenvalue weighted by molar-refractivity contribution is -0.199. The highest BCUT2D eigenvalue weighted by Crippen LogP contribution is 2.65. The second-order valence-corrected chi connectivity index (χ2v) is 18.2. The van der Waals surface area contributed by atoms with Gasteiger partial charge < -0.3 is 69.3 Å². The Morgan fingerprint density at radius 3 is 2.06 bits per heavy atom. The topological polar surface area (TPSA) is 334 Å². The van der Waals surface area contributed by atoms with Gasteiger partial charge in [-0.25, -0.2) is 0 Å². The predicted molar refractivity (Wildman–Crippen MR) is 240 cm³/mol. The third kappa shape index (κ3) is 12.6. The molecule has 2 aromatic rings. The van der Waals surface area contributed by atoms with Crippen molar-refractivity contribution in [1.29, 1.82) is 0 Å². The van der Waals surface area contributed by atoms with Crippen LogP contribution < -0.4 is 54.8 Å². The van der Waals surface area contributed by atoms with E-state index in [4.69, 9.17) is 43.8 Å². The monoisotopic (exact) mass is 924 g/mol. The molecule has 0 radical (unpaired) electrons. The lowest BCUT2D eigenvalue weighted by Crippen LogP contribution is -2.65. The fraction of sp³-hybridized carbons (Fsp3) is 0.558. The van der Waals surface area contributed by atoms with E-state index in [1.165, 1.54) is 6.92 Å². The van der Waals surface area contributed by atoms with Crippen molar-refractivity contribution in [3.05, 3.63) is 59.1 Å². The molecule has 10 atom stereocenters. The van der Waals surface area contributed by atoms with Crippen molar-refractivity contribution in [2.75, 3.05) is 13.1 Å². The lowest BCUT2D eigenvalue weighted by atomic mass is 9.43. The van der Waals surface area contributed by atoms with Crippen molar-refractivity contribution in [2.45, 2.75) is 121 Å². The van der Waals surface area contributed by atoms with Crippen LogP contribution in [0.25, 0.3) is 11.1 Å². The molecule has 3 saturated carbocycles. The highest BCUT2D eigenvalue weighted by molar-refractivity contribution is 6.47. The van der Waals surface area contributed by atoms with Crippen molar-refractivity contribution in [3.63, 3.8) is 0 Å². The van der Waals surface area contributed by atoms with Gasteiger partial charge in [0.2, 0.25) is 29.5 Å². The first kappa shape index (κ1) is 50.8. The van der Waals surface area contributed by atoms with Crippen molar-refractivity contribution < 1.29 is 48.0 Å². The number of aliphatic hydroxyl groups is 1. The number of hydrogen-bond acceptors (Lipinski definition) is 13. The average Bonchev–Trinajstić information content (AvgIpc) is 3.62. The molecule has 0 spiro atoms. The second-order valence-electron chi connectivity index (χ2n) is 17.8. The van der Waals surface area contributed by atoms with Crippen LogP contribution in [0.2, 0.25) is 5.02 Å². The highest BCUT2D eigenvalue weighted by atomic mass is 35.5. The van der Waals surface area contributed by atoms with E-state index >= 15 is 0 Å². The van der Waals surface area contributed by atoms with E-state index in [1.807, 2.05) is 19.1 Å². The minimum atomic E-state index is -1.85. The van der Waals surface area contributed by atoms with Crippen LogP contribution in [0, 0.1) is 17.3 Å². The smallest absolute Gasteiger partial charge is 0.403 e. The number of benzene rings is 2. The lowest BCUT2D eigenvalue weighted by Gasteiger charge is -2.64.